The number of amides is 2. The zero-order valence-corrected chi connectivity index (χ0v) is 13.0. The van der Waals surface area contributed by atoms with Gasteiger partial charge in [0.2, 0.25) is 11.8 Å². The van der Waals surface area contributed by atoms with Crippen LogP contribution in [0.5, 0.6) is 5.75 Å². The van der Waals surface area contributed by atoms with Gasteiger partial charge in [-0.2, -0.15) is 0 Å². The van der Waals surface area contributed by atoms with Crippen LogP contribution in [0.3, 0.4) is 0 Å². The van der Waals surface area contributed by atoms with Crippen LogP contribution >= 0.6 is 0 Å². The number of rotatable bonds is 4. The van der Waals surface area contributed by atoms with Crippen LogP contribution < -0.4 is 10.1 Å². The Bertz CT molecular complexity index is 556. The van der Waals surface area contributed by atoms with E-state index in [4.69, 9.17) is 4.74 Å². The third kappa shape index (κ3) is 3.01. The molecule has 0 aromatic heterocycles. The molecular formula is C16H22N2O3. The maximum atomic E-state index is 12.4. The Labute approximate surface area is 125 Å². The summed E-state index contributed by atoms with van der Waals surface area (Å²) < 4.78 is 5.36. The molecule has 2 atom stereocenters. The molecule has 1 aromatic carbocycles. The van der Waals surface area contributed by atoms with Crippen molar-refractivity contribution in [2.24, 2.45) is 0 Å². The lowest BCUT2D eigenvalue weighted by Crippen LogP contribution is -2.61. The second kappa shape index (κ2) is 6.16. The highest BCUT2D eigenvalue weighted by atomic mass is 16.5. The monoisotopic (exact) mass is 290 g/mol. The average Bonchev–Trinajstić information content (AvgIpc) is 2.45. The molecule has 1 aliphatic heterocycles. The van der Waals surface area contributed by atoms with Gasteiger partial charge >= 0.3 is 0 Å². The number of piperazine rings is 1. The number of hydrogen-bond acceptors (Lipinski definition) is 3. The van der Waals surface area contributed by atoms with E-state index in [1.807, 2.05) is 32.0 Å². The molecule has 2 rings (SSSR count). The predicted molar refractivity (Wildman–Crippen MR) is 80.0 cm³/mol. The van der Waals surface area contributed by atoms with Gasteiger partial charge in [0.05, 0.1) is 13.7 Å². The number of benzene rings is 1. The minimum atomic E-state index is -0.476. The summed E-state index contributed by atoms with van der Waals surface area (Å²) in [7, 11) is 1.61. The van der Waals surface area contributed by atoms with Crippen molar-refractivity contribution >= 4 is 11.8 Å². The number of carbonyl (C=O) groups excluding carboxylic acids is 2. The topological polar surface area (TPSA) is 58.6 Å². The molecule has 1 saturated heterocycles. The molecule has 1 N–H and O–H groups in total. The predicted octanol–water partition coefficient (Wildman–Crippen LogP) is 1.63. The normalized spacial score (nSPS) is 22.2. The number of carbonyl (C=O) groups is 2. The summed E-state index contributed by atoms with van der Waals surface area (Å²) in [5.74, 6) is 0.600. The smallest absolute Gasteiger partial charge is 0.245 e. The first-order valence-corrected chi connectivity index (χ1v) is 7.22. The van der Waals surface area contributed by atoms with E-state index in [-0.39, 0.29) is 11.8 Å². The third-order valence-corrected chi connectivity index (χ3v) is 3.85. The number of ether oxygens (including phenoxy) is 1. The van der Waals surface area contributed by atoms with Crippen LogP contribution in [0.1, 0.15) is 31.4 Å². The van der Waals surface area contributed by atoms with Gasteiger partial charge in [0.15, 0.2) is 0 Å². The quantitative estimate of drug-likeness (QED) is 0.917. The summed E-state index contributed by atoms with van der Waals surface area (Å²) in [6.07, 6.45) is 0.596. The van der Waals surface area contributed by atoms with E-state index in [9.17, 15) is 9.59 Å². The van der Waals surface area contributed by atoms with Crippen molar-refractivity contribution in [3.63, 3.8) is 0 Å². The molecule has 2 amide bonds. The second-order valence-electron chi connectivity index (χ2n) is 5.44. The van der Waals surface area contributed by atoms with E-state index in [1.165, 1.54) is 0 Å². The van der Waals surface area contributed by atoms with E-state index in [1.54, 1.807) is 18.9 Å². The molecule has 1 heterocycles. The van der Waals surface area contributed by atoms with E-state index in [0.29, 0.717) is 13.0 Å². The summed E-state index contributed by atoms with van der Waals surface area (Å²) in [4.78, 5) is 26.1. The molecule has 0 radical (unpaired) electrons. The van der Waals surface area contributed by atoms with Gasteiger partial charge in [0, 0.05) is 5.56 Å². The van der Waals surface area contributed by atoms with E-state index in [0.717, 1.165) is 16.9 Å². The summed E-state index contributed by atoms with van der Waals surface area (Å²) >= 11 is 0. The largest absolute Gasteiger partial charge is 0.496 e. The highest BCUT2D eigenvalue weighted by molar-refractivity contribution is 5.96. The third-order valence-electron chi connectivity index (χ3n) is 3.85. The lowest BCUT2D eigenvalue weighted by molar-refractivity contribution is -0.149. The van der Waals surface area contributed by atoms with Crippen LogP contribution in [-0.4, -0.2) is 35.9 Å². The molecule has 5 heteroatoms. The molecule has 0 spiro atoms. The van der Waals surface area contributed by atoms with Gasteiger partial charge < -0.3 is 15.0 Å². The van der Waals surface area contributed by atoms with Crippen molar-refractivity contribution < 1.29 is 14.3 Å². The fourth-order valence-electron chi connectivity index (χ4n) is 2.72. The van der Waals surface area contributed by atoms with Crippen LogP contribution in [0.2, 0.25) is 0 Å². The standard InChI is InChI=1S/C16H22N2O3/c1-5-13-15(19)17-11(3)16(20)18(13)9-12-8-10(2)6-7-14(12)21-4/h6-8,11,13H,5,9H2,1-4H3,(H,17,19). The molecule has 2 unspecified atom stereocenters. The van der Waals surface area contributed by atoms with Gasteiger partial charge in [0.25, 0.3) is 0 Å². The van der Waals surface area contributed by atoms with E-state index in [2.05, 4.69) is 5.32 Å². The molecule has 114 valence electrons. The van der Waals surface area contributed by atoms with Gasteiger partial charge in [-0.15, -0.1) is 0 Å². The number of aryl methyl sites for hydroxylation is 1. The molecule has 0 aliphatic carbocycles. The molecule has 0 bridgehead atoms. The minimum absolute atomic E-state index is 0.0509. The molecule has 21 heavy (non-hydrogen) atoms. The molecule has 1 aromatic rings. The van der Waals surface area contributed by atoms with Crippen molar-refractivity contribution in [2.45, 2.75) is 45.8 Å². The Morgan fingerprint density at radius 2 is 2.05 bits per heavy atom. The first kappa shape index (κ1) is 15.4. The fourth-order valence-corrected chi connectivity index (χ4v) is 2.72. The van der Waals surface area contributed by atoms with Crippen molar-refractivity contribution in [2.75, 3.05) is 7.11 Å². The SMILES string of the molecule is CCC1C(=O)NC(C)C(=O)N1Cc1cc(C)ccc1OC. The molecule has 5 nitrogen and oxygen atoms in total. The highest BCUT2D eigenvalue weighted by Crippen LogP contribution is 2.24. The summed E-state index contributed by atoms with van der Waals surface area (Å²) in [6.45, 7) is 6.01. The maximum absolute atomic E-state index is 12.4. The molecule has 0 saturated carbocycles. The lowest BCUT2D eigenvalue weighted by atomic mass is 10.0. The van der Waals surface area contributed by atoms with Gasteiger partial charge in [-0.1, -0.05) is 24.6 Å². The molecule has 1 fully saturated rings. The Kier molecular flexibility index (Phi) is 4.50. The number of methoxy groups -OCH3 is 1. The zero-order chi connectivity index (χ0) is 15.6. The number of nitrogens with zero attached hydrogens (tertiary/aromatic N) is 1. The first-order chi connectivity index (χ1) is 9.97. The Morgan fingerprint density at radius 1 is 1.33 bits per heavy atom. The van der Waals surface area contributed by atoms with Crippen molar-refractivity contribution in [3.8, 4) is 5.75 Å². The van der Waals surface area contributed by atoms with E-state index >= 15 is 0 Å². The zero-order valence-electron chi connectivity index (χ0n) is 13.0. The van der Waals surface area contributed by atoms with Gasteiger partial charge in [-0.25, -0.2) is 0 Å². The first-order valence-electron chi connectivity index (χ1n) is 7.22. The Hall–Kier alpha value is -2.04. The van der Waals surface area contributed by atoms with Crippen LogP contribution in [0.15, 0.2) is 18.2 Å². The average molecular weight is 290 g/mol. The van der Waals surface area contributed by atoms with Crippen molar-refractivity contribution in [1.82, 2.24) is 10.2 Å². The van der Waals surface area contributed by atoms with Crippen molar-refractivity contribution in [1.29, 1.82) is 0 Å². The van der Waals surface area contributed by atoms with Gasteiger partial charge in [0.1, 0.15) is 17.8 Å². The Morgan fingerprint density at radius 3 is 2.67 bits per heavy atom. The van der Waals surface area contributed by atoms with Crippen molar-refractivity contribution in [3.05, 3.63) is 29.3 Å². The fraction of sp³-hybridized carbons (Fsp3) is 0.500. The van der Waals surface area contributed by atoms with Gasteiger partial charge in [-0.05, 0) is 26.3 Å². The second-order valence-corrected chi connectivity index (χ2v) is 5.44. The van der Waals surface area contributed by atoms with Crippen LogP contribution in [-0.2, 0) is 16.1 Å². The molecular weight excluding hydrogens is 268 g/mol. The summed E-state index contributed by atoms with van der Waals surface area (Å²) in [6, 6.07) is 4.96. The molecule has 1 aliphatic rings. The highest BCUT2D eigenvalue weighted by Gasteiger charge is 2.37. The number of hydrogen-bond donors (Lipinski definition) is 1. The van der Waals surface area contributed by atoms with E-state index < -0.39 is 12.1 Å². The maximum Gasteiger partial charge on any atom is 0.245 e. The van der Waals surface area contributed by atoms with Crippen LogP contribution in [0, 0.1) is 6.92 Å². The Balaban J connectivity index is 2.32. The summed E-state index contributed by atoms with van der Waals surface area (Å²) in [5, 5.41) is 2.72. The summed E-state index contributed by atoms with van der Waals surface area (Å²) in [5.41, 5.74) is 2.02. The lowest BCUT2D eigenvalue weighted by Gasteiger charge is -2.37. The van der Waals surface area contributed by atoms with Crippen LogP contribution in [0.4, 0.5) is 0 Å². The minimum Gasteiger partial charge on any atom is -0.496 e. The number of nitrogens with one attached hydrogen (secondary N) is 1. The van der Waals surface area contributed by atoms with Gasteiger partial charge in [-0.3, -0.25) is 9.59 Å². The van der Waals surface area contributed by atoms with Crippen LogP contribution in [0.25, 0.3) is 0 Å².